The van der Waals surface area contributed by atoms with Crippen molar-refractivity contribution in [3.63, 3.8) is 0 Å². The third-order valence-corrected chi connectivity index (χ3v) is 0.850. The molecule has 0 saturated carbocycles. The number of hydrogen-bond donors (Lipinski definition) is 0. The van der Waals surface area contributed by atoms with Gasteiger partial charge in [-0.05, 0) is 11.6 Å². The van der Waals surface area contributed by atoms with Crippen molar-refractivity contribution in [2.75, 3.05) is 0 Å². The summed E-state index contributed by atoms with van der Waals surface area (Å²) in [6, 6.07) is 0. The van der Waals surface area contributed by atoms with Crippen LogP contribution < -0.4 is 24.0 Å². The van der Waals surface area contributed by atoms with Crippen LogP contribution in [0.5, 0.6) is 0 Å². The molecule has 0 aliphatic rings. The van der Waals surface area contributed by atoms with E-state index in [2.05, 4.69) is 11.6 Å². The van der Waals surface area contributed by atoms with Crippen LogP contribution >= 0.6 is 11.6 Å². The van der Waals surface area contributed by atoms with E-state index in [-0.39, 0.29) is 18.9 Å². The van der Waals surface area contributed by atoms with Crippen LogP contribution in [0.1, 0.15) is 0 Å². The van der Waals surface area contributed by atoms with Crippen molar-refractivity contribution >= 4 is 17.6 Å². The SMILES string of the molecule is O=C([O-])C(F)(F)C(F)(F)Cl.[Li+]. The number of aliphatic carboxylic acids is 1. The Bertz CT molecular complexity index is 156. The first kappa shape index (κ1) is 13.7. The van der Waals surface area contributed by atoms with Gasteiger partial charge < -0.3 is 9.90 Å². The number of halogens is 5. The molecule has 11 heavy (non-hydrogen) atoms. The van der Waals surface area contributed by atoms with E-state index in [0.717, 1.165) is 0 Å². The summed E-state index contributed by atoms with van der Waals surface area (Å²) < 4.78 is 45.7. The van der Waals surface area contributed by atoms with E-state index in [4.69, 9.17) is 0 Å². The summed E-state index contributed by atoms with van der Waals surface area (Å²) in [6.45, 7) is 0. The second-order valence-corrected chi connectivity index (χ2v) is 1.83. The van der Waals surface area contributed by atoms with Crippen LogP contribution in [-0.2, 0) is 4.79 Å². The summed E-state index contributed by atoms with van der Waals surface area (Å²) >= 11 is 3.72. The van der Waals surface area contributed by atoms with Gasteiger partial charge in [0.05, 0.1) is 0 Å². The van der Waals surface area contributed by atoms with E-state index in [1.807, 2.05) is 0 Å². The molecule has 60 valence electrons. The first-order valence-corrected chi connectivity index (χ1v) is 2.23. The second kappa shape index (κ2) is 3.65. The number of rotatable bonds is 2. The topological polar surface area (TPSA) is 40.1 Å². The Hall–Kier alpha value is 0.0774. The molecule has 0 amide bonds. The number of carbonyl (C=O) groups excluding carboxylic acids is 1. The molecule has 2 nitrogen and oxygen atoms in total. The molecule has 0 unspecified atom stereocenters. The van der Waals surface area contributed by atoms with Crippen LogP contribution in [0.4, 0.5) is 17.6 Å². The van der Waals surface area contributed by atoms with Gasteiger partial charge >= 0.3 is 30.2 Å². The summed E-state index contributed by atoms with van der Waals surface area (Å²) in [6.07, 6.45) is 0. The Morgan fingerprint density at radius 1 is 1.27 bits per heavy atom. The van der Waals surface area contributed by atoms with Gasteiger partial charge in [-0.15, -0.1) is 0 Å². The van der Waals surface area contributed by atoms with Crippen molar-refractivity contribution in [1.29, 1.82) is 0 Å². The predicted octanol–water partition coefficient (Wildman–Crippen LogP) is -2.79. The molecule has 0 saturated heterocycles. The standard InChI is InChI=1S/C3HClF4O2.Li/c4-3(7,8)2(5,6)1(9)10;/h(H,9,10);/q;+1/p-1. The molecule has 0 aromatic heterocycles. The maximum Gasteiger partial charge on any atom is 1.00 e. The molecular weight excluding hydrogens is 186 g/mol. The molecule has 0 rings (SSSR count). The molecule has 0 aliphatic heterocycles. The van der Waals surface area contributed by atoms with Gasteiger partial charge in [0.25, 0.3) is 0 Å². The predicted molar refractivity (Wildman–Crippen MR) is 20.8 cm³/mol. The zero-order valence-electron chi connectivity index (χ0n) is 5.21. The van der Waals surface area contributed by atoms with Gasteiger partial charge in [0, 0.05) is 0 Å². The van der Waals surface area contributed by atoms with Crippen molar-refractivity contribution in [2.45, 2.75) is 11.3 Å². The normalized spacial score (nSPS) is 12.1. The Balaban J connectivity index is 0. The molecule has 0 atom stereocenters. The van der Waals surface area contributed by atoms with Crippen molar-refractivity contribution in [3.8, 4) is 0 Å². The second-order valence-electron chi connectivity index (χ2n) is 1.36. The fourth-order valence-electron chi connectivity index (χ4n) is 0.116. The van der Waals surface area contributed by atoms with Crippen LogP contribution in [0.3, 0.4) is 0 Å². The van der Waals surface area contributed by atoms with Crippen LogP contribution in [0.2, 0.25) is 0 Å². The minimum absolute atomic E-state index is 0. The molecule has 0 aromatic carbocycles. The van der Waals surface area contributed by atoms with E-state index in [1.165, 1.54) is 0 Å². The average molecular weight is 186 g/mol. The largest absolute Gasteiger partial charge is 1.00 e. The van der Waals surface area contributed by atoms with E-state index >= 15 is 0 Å². The molecule has 0 aliphatic carbocycles. The van der Waals surface area contributed by atoms with Crippen LogP contribution in [0.15, 0.2) is 0 Å². The van der Waals surface area contributed by atoms with Gasteiger partial charge in [-0.25, -0.2) is 0 Å². The summed E-state index contributed by atoms with van der Waals surface area (Å²) in [5.41, 5.74) is 0. The summed E-state index contributed by atoms with van der Waals surface area (Å²) in [4.78, 5) is 9.24. The third kappa shape index (κ3) is 2.89. The molecule has 0 fully saturated rings. The zero-order valence-corrected chi connectivity index (χ0v) is 5.96. The van der Waals surface area contributed by atoms with Gasteiger partial charge in [-0.2, -0.15) is 17.6 Å². The van der Waals surface area contributed by atoms with Crippen molar-refractivity contribution < 1.29 is 46.3 Å². The average Bonchev–Trinajstić information content (AvgIpc) is 1.62. The first-order chi connectivity index (χ1) is 4.19. The van der Waals surface area contributed by atoms with Crippen molar-refractivity contribution in [3.05, 3.63) is 0 Å². The Kier molecular flexibility index (Phi) is 4.53. The molecule has 0 N–H and O–H groups in total. The Morgan fingerprint density at radius 2 is 1.55 bits per heavy atom. The zero-order chi connectivity index (χ0) is 8.58. The molecule has 0 aromatic rings. The minimum atomic E-state index is -5.32. The monoisotopic (exact) mass is 186 g/mol. The fourth-order valence-corrected chi connectivity index (χ4v) is 0.193. The first-order valence-electron chi connectivity index (χ1n) is 1.85. The number of carbonyl (C=O) groups is 1. The maximum atomic E-state index is 11.5. The molecule has 0 radical (unpaired) electrons. The molecule has 0 bridgehead atoms. The summed E-state index contributed by atoms with van der Waals surface area (Å²) in [5.74, 6) is -8.53. The van der Waals surface area contributed by atoms with Crippen LogP contribution in [-0.4, -0.2) is 17.3 Å². The van der Waals surface area contributed by atoms with E-state index in [0.29, 0.717) is 0 Å². The smallest absolute Gasteiger partial charge is 0.544 e. The maximum absolute atomic E-state index is 11.5. The molecular formula is C3ClF4LiO2. The molecule has 0 spiro atoms. The Morgan fingerprint density at radius 3 is 1.55 bits per heavy atom. The number of carboxylic acids is 1. The van der Waals surface area contributed by atoms with Crippen LogP contribution in [0, 0.1) is 0 Å². The van der Waals surface area contributed by atoms with E-state index in [9.17, 15) is 27.5 Å². The number of carboxylic acid groups (broad SMARTS) is 1. The minimum Gasteiger partial charge on any atom is -0.544 e. The quantitative estimate of drug-likeness (QED) is 0.266. The van der Waals surface area contributed by atoms with Crippen molar-refractivity contribution in [2.24, 2.45) is 0 Å². The van der Waals surface area contributed by atoms with E-state index in [1.54, 1.807) is 0 Å². The summed E-state index contributed by atoms with van der Waals surface area (Å²) in [5, 5.41) is 4.14. The van der Waals surface area contributed by atoms with Gasteiger partial charge in [0.15, 0.2) is 0 Å². The summed E-state index contributed by atoms with van der Waals surface area (Å²) in [7, 11) is 0. The van der Waals surface area contributed by atoms with Gasteiger partial charge in [-0.3, -0.25) is 0 Å². The number of hydrogen-bond acceptors (Lipinski definition) is 2. The third-order valence-electron chi connectivity index (χ3n) is 0.612. The van der Waals surface area contributed by atoms with E-state index < -0.39 is 17.3 Å². The fraction of sp³-hybridized carbons (Fsp3) is 0.667. The van der Waals surface area contributed by atoms with Crippen molar-refractivity contribution in [1.82, 2.24) is 0 Å². The number of alkyl halides is 5. The Labute approximate surface area is 75.7 Å². The van der Waals surface area contributed by atoms with Gasteiger partial charge in [0.2, 0.25) is 0 Å². The van der Waals surface area contributed by atoms with Gasteiger partial charge in [-0.1, -0.05) is 0 Å². The molecule has 8 heteroatoms. The van der Waals surface area contributed by atoms with Crippen LogP contribution in [0.25, 0.3) is 0 Å². The van der Waals surface area contributed by atoms with Gasteiger partial charge in [0.1, 0.15) is 5.97 Å². The molecule has 0 heterocycles.